The van der Waals surface area contributed by atoms with E-state index in [4.69, 9.17) is 5.11 Å². The molecule has 1 aliphatic rings. The highest BCUT2D eigenvalue weighted by molar-refractivity contribution is 5.89. The van der Waals surface area contributed by atoms with Crippen molar-refractivity contribution in [2.45, 2.75) is 32.7 Å². The van der Waals surface area contributed by atoms with Crippen LogP contribution in [0.5, 0.6) is 0 Å². The van der Waals surface area contributed by atoms with Crippen LogP contribution in [0, 0.1) is 11.8 Å². The molecule has 0 bridgehead atoms. The second-order valence-corrected chi connectivity index (χ2v) is 5.11. The highest BCUT2D eigenvalue weighted by Crippen LogP contribution is 2.39. The number of amides is 1. The zero-order valence-electron chi connectivity index (χ0n) is 11.2. The molecule has 1 saturated carbocycles. The maximum atomic E-state index is 11.9. The third-order valence-corrected chi connectivity index (χ3v) is 3.69. The van der Waals surface area contributed by atoms with E-state index in [1.807, 2.05) is 19.1 Å². The smallest absolute Gasteiger partial charge is 0.307 e. The molecule has 0 aromatic heterocycles. The van der Waals surface area contributed by atoms with Gasteiger partial charge in [0, 0.05) is 0 Å². The molecule has 1 aromatic rings. The van der Waals surface area contributed by atoms with Gasteiger partial charge < -0.3 is 10.4 Å². The number of aryl methyl sites for hydroxylation is 1. The maximum absolute atomic E-state index is 11.9. The van der Waals surface area contributed by atoms with Gasteiger partial charge in [-0.1, -0.05) is 31.2 Å². The summed E-state index contributed by atoms with van der Waals surface area (Å²) in [6.45, 7) is 4.01. The Morgan fingerprint density at radius 2 is 1.95 bits per heavy atom. The van der Waals surface area contributed by atoms with Crippen molar-refractivity contribution >= 4 is 11.9 Å². The van der Waals surface area contributed by atoms with E-state index in [1.165, 1.54) is 5.56 Å². The summed E-state index contributed by atoms with van der Waals surface area (Å²) in [5.41, 5.74) is 2.30. The quantitative estimate of drug-likeness (QED) is 0.853. The Labute approximate surface area is 112 Å². The number of carbonyl (C=O) groups is 2. The van der Waals surface area contributed by atoms with Crippen LogP contribution in [-0.2, 0) is 16.0 Å². The Hall–Kier alpha value is -1.84. The summed E-state index contributed by atoms with van der Waals surface area (Å²) in [7, 11) is 0. The van der Waals surface area contributed by atoms with Crippen LogP contribution < -0.4 is 5.32 Å². The van der Waals surface area contributed by atoms with Gasteiger partial charge >= 0.3 is 5.97 Å². The van der Waals surface area contributed by atoms with Crippen molar-refractivity contribution in [3.8, 4) is 0 Å². The predicted octanol–water partition coefficient (Wildman–Crippen LogP) is 2.15. The van der Waals surface area contributed by atoms with Crippen LogP contribution in [0.3, 0.4) is 0 Å². The number of rotatable bonds is 5. The van der Waals surface area contributed by atoms with Crippen molar-refractivity contribution in [3.63, 3.8) is 0 Å². The average Bonchev–Trinajstić information content (AvgIpc) is 3.19. The standard InChI is InChI=1S/C15H19NO3/c1-3-10-4-6-11(7-5-10)9(2)16-14(17)12-8-13(12)15(18)19/h4-7,9,12-13H,3,8H2,1-2H3,(H,16,17)(H,18,19)/t9?,12-,13+/m1/s1. The molecule has 1 aliphatic carbocycles. The maximum Gasteiger partial charge on any atom is 0.307 e. The molecule has 1 unspecified atom stereocenters. The number of aliphatic carboxylic acids is 1. The van der Waals surface area contributed by atoms with Crippen molar-refractivity contribution in [2.24, 2.45) is 11.8 Å². The average molecular weight is 261 g/mol. The second kappa shape index (κ2) is 5.43. The van der Waals surface area contributed by atoms with Gasteiger partial charge in [0.1, 0.15) is 0 Å². The van der Waals surface area contributed by atoms with E-state index >= 15 is 0 Å². The number of carboxylic acid groups (broad SMARTS) is 1. The lowest BCUT2D eigenvalue weighted by atomic mass is 10.0. The molecule has 0 aliphatic heterocycles. The van der Waals surface area contributed by atoms with Crippen LogP contribution >= 0.6 is 0 Å². The van der Waals surface area contributed by atoms with Crippen molar-refractivity contribution in [1.29, 1.82) is 0 Å². The molecule has 1 amide bonds. The molecule has 2 N–H and O–H groups in total. The van der Waals surface area contributed by atoms with Crippen LogP contribution in [-0.4, -0.2) is 17.0 Å². The minimum absolute atomic E-state index is 0.0894. The molecular formula is C15H19NO3. The lowest BCUT2D eigenvalue weighted by Crippen LogP contribution is -2.29. The zero-order valence-corrected chi connectivity index (χ0v) is 11.2. The number of nitrogens with one attached hydrogen (secondary N) is 1. The molecule has 0 spiro atoms. The summed E-state index contributed by atoms with van der Waals surface area (Å²) >= 11 is 0. The predicted molar refractivity (Wildman–Crippen MR) is 71.6 cm³/mol. The molecule has 1 fully saturated rings. The minimum atomic E-state index is -0.875. The van der Waals surface area contributed by atoms with Crippen molar-refractivity contribution < 1.29 is 14.7 Å². The molecule has 4 nitrogen and oxygen atoms in total. The molecule has 0 radical (unpaired) electrons. The molecule has 102 valence electrons. The normalized spacial score (nSPS) is 22.6. The third kappa shape index (κ3) is 3.13. The first kappa shape index (κ1) is 13.6. The topological polar surface area (TPSA) is 66.4 Å². The zero-order chi connectivity index (χ0) is 14.0. The largest absolute Gasteiger partial charge is 0.481 e. The first-order chi connectivity index (χ1) is 9.02. The van der Waals surface area contributed by atoms with Crippen LogP contribution in [0.25, 0.3) is 0 Å². The molecule has 0 saturated heterocycles. The number of carbonyl (C=O) groups excluding carboxylic acids is 1. The summed E-state index contributed by atoms with van der Waals surface area (Å²) in [5.74, 6) is -1.87. The van der Waals surface area contributed by atoms with Gasteiger partial charge in [-0.2, -0.15) is 0 Å². The molecule has 1 aromatic carbocycles. The van der Waals surface area contributed by atoms with Crippen LogP contribution in [0.15, 0.2) is 24.3 Å². The Morgan fingerprint density at radius 3 is 2.42 bits per heavy atom. The molecule has 2 rings (SSSR count). The van der Waals surface area contributed by atoms with E-state index < -0.39 is 11.9 Å². The fourth-order valence-corrected chi connectivity index (χ4v) is 2.20. The number of hydrogen-bond donors (Lipinski definition) is 2. The molecule has 19 heavy (non-hydrogen) atoms. The molecule has 3 atom stereocenters. The van der Waals surface area contributed by atoms with Crippen LogP contribution in [0.2, 0.25) is 0 Å². The highest BCUT2D eigenvalue weighted by atomic mass is 16.4. The van der Waals surface area contributed by atoms with E-state index in [9.17, 15) is 9.59 Å². The SMILES string of the molecule is CCc1ccc(C(C)NC(=O)[C@@H]2C[C@@H]2C(=O)O)cc1. The lowest BCUT2D eigenvalue weighted by Gasteiger charge is -2.14. The lowest BCUT2D eigenvalue weighted by molar-refractivity contribution is -0.140. The Bertz CT molecular complexity index is 481. The summed E-state index contributed by atoms with van der Waals surface area (Å²) in [5, 5.41) is 11.7. The van der Waals surface area contributed by atoms with Crippen LogP contribution in [0.4, 0.5) is 0 Å². The van der Waals surface area contributed by atoms with Crippen molar-refractivity contribution in [1.82, 2.24) is 5.32 Å². The van der Waals surface area contributed by atoms with Gasteiger partial charge in [-0.3, -0.25) is 9.59 Å². The third-order valence-electron chi connectivity index (χ3n) is 3.69. The van der Waals surface area contributed by atoms with Gasteiger partial charge in [0.2, 0.25) is 5.91 Å². The molecule has 0 heterocycles. The Morgan fingerprint density at radius 1 is 1.32 bits per heavy atom. The summed E-state index contributed by atoms with van der Waals surface area (Å²) < 4.78 is 0. The van der Waals surface area contributed by atoms with E-state index in [1.54, 1.807) is 0 Å². The second-order valence-electron chi connectivity index (χ2n) is 5.11. The van der Waals surface area contributed by atoms with Crippen molar-refractivity contribution in [2.75, 3.05) is 0 Å². The molecule has 4 heteroatoms. The van der Waals surface area contributed by atoms with Gasteiger partial charge in [-0.05, 0) is 30.9 Å². The summed E-state index contributed by atoms with van der Waals surface area (Å²) in [6.07, 6.45) is 1.45. The highest BCUT2D eigenvalue weighted by Gasteiger charge is 2.48. The van der Waals surface area contributed by atoms with Gasteiger partial charge in [0.05, 0.1) is 17.9 Å². The summed E-state index contributed by atoms with van der Waals surface area (Å²) in [6, 6.07) is 8.02. The van der Waals surface area contributed by atoms with Gasteiger partial charge in [-0.25, -0.2) is 0 Å². The van der Waals surface area contributed by atoms with E-state index in [2.05, 4.69) is 24.4 Å². The van der Waals surface area contributed by atoms with Gasteiger partial charge in [0.25, 0.3) is 0 Å². The van der Waals surface area contributed by atoms with Gasteiger partial charge in [0.15, 0.2) is 0 Å². The first-order valence-electron chi connectivity index (χ1n) is 6.65. The van der Waals surface area contributed by atoms with E-state index in [0.717, 1.165) is 12.0 Å². The fourth-order valence-electron chi connectivity index (χ4n) is 2.20. The monoisotopic (exact) mass is 261 g/mol. The van der Waals surface area contributed by atoms with Crippen molar-refractivity contribution in [3.05, 3.63) is 35.4 Å². The van der Waals surface area contributed by atoms with Crippen LogP contribution in [0.1, 0.15) is 37.4 Å². The van der Waals surface area contributed by atoms with Gasteiger partial charge in [-0.15, -0.1) is 0 Å². The number of carboxylic acids is 1. The van der Waals surface area contributed by atoms with E-state index in [0.29, 0.717) is 6.42 Å². The first-order valence-corrected chi connectivity index (χ1v) is 6.65. The summed E-state index contributed by atoms with van der Waals surface area (Å²) in [4.78, 5) is 22.6. The minimum Gasteiger partial charge on any atom is -0.481 e. The Kier molecular flexibility index (Phi) is 3.88. The number of hydrogen-bond acceptors (Lipinski definition) is 2. The fraction of sp³-hybridized carbons (Fsp3) is 0.467. The molecular weight excluding hydrogens is 242 g/mol. The van der Waals surface area contributed by atoms with E-state index in [-0.39, 0.29) is 17.9 Å². The number of benzene rings is 1. The Balaban J connectivity index is 1.91.